The highest BCUT2D eigenvalue weighted by molar-refractivity contribution is 5.89. The highest BCUT2D eigenvalue weighted by Gasteiger charge is 2.33. The Morgan fingerprint density at radius 3 is 2.62 bits per heavy atom. The van der Waals surface area contributed by atoms with Gasteiger partial charge in [0, 0.05) is 32.5 Å². The number of amides is 2. The van der Waals surface area contributed by atoms with Crippen molar-refractivity contribution < 1.29 is 19.1 Å². The minimum Gasteiger partial charge on any atom is -0.469 e. The number of carbonyl (C=O) groups is 3. The number of unbranched alkanes of at least 4 members (excludes halogenated alkanes) is 2. The summed E-state index contributed by atoms with van der Waals surface area (Å²) in [5.41, 5.74) is 2.26. The number of aryl methyl sites for hydroxylation is 1. The van der Waals surface area contributed by atoms with Gasteiger partial charge >= 0.3 is 5.97 Å². The molecule has 6 nitrogen and oxygen atoms in total. The van der Waals surface area contributed by atoms with Gasteiger partial charge in [0.1, 0.15) is 0 Å². The first-order valence-corrected chi connectivity index (χ1v) is 9.17. The number of esters is 1. The Labute approximate surface area is 154 Å². The Bertz CT molecular complexity index is 627. The summed E-state index contributed by atoms with van der Waals surface area (Å²) in [6, 6.07) is 8.09. The summed E-state index contributed by atoms with van der Waals surface area (Å²) in [6.45, 7) is 3.63. The van der Waals surface area contributed by atoms with Gasteiger partial charge in [0.2, 0.25) is 11.8 Å². The quantitative estimate of drug-likeness (QED) is 0.541. The molecule has 1 aromatic rings. The first-order chi connectivity index (χ1) is 12.5. The molecule has 1 atom stereocenters. The first-order valence-electron chi connectivity index (χ1n) is 9.17. The van der Waals surface area contributed by atoms with E-state index in [-0.39, 0.29) is 30.1 Å². The van der Waals surface area contributed by atoms with Crippen LogP contribution in [-0.2, 0) is 25.7 Å². The molecule has 0 spiro atoms. The van der Waals surface area contributed by atoms with Crippen LogP contribution in [0.2, 0.25) is 0 Å². The lowest BCUT2D eigenvalue weighted by Crippen LogP contribution is -2.33. The van der Waals surface area contributed by atoms with Crippen LogP contribution < -0.4 is 5.32 Å². The number of ether oxygens (including phenoxy) is 1. The molecular formula is C20H28N2O4. The molecule has 0 saturated carbocycles. The summed E-state index contributed by atoms with van der Waals surface area (Å²) in [6.07, 6.45) is 3.12. The Kier molecular flexibility index (Phi) is 7.63. The van der Waals surface area contributed by atoms with Crippen LogP contribution in [0.3, 0.4) is 0 Å². The Morgan fingerprint density at radius 2 is 1.92 bits per heavy atom. The van der Waals surface area contributed by atoms with Crippen LogP contribution in [0.5, 0.6) is 0 Å². The minimum atomic E-state index is -0.275. The number of nitrogens with one attached hydrogen (secondary N) is 1. The van der Waals surface area contributed by atoms with Crippen molar-refractivity contribution in [2.45, 2.75) is 45.6 Å². The van der Waals surface area contributed by atoms with E-state index in [0.717, 1.165) is 24.8 Å². The van der Waals surface area contributed by atoms with Gasteiger partial charge < -0.3 is 15.0 Å². The fraction of sp³-hybridized carbons (Fsp3) is 0.550. The van der Waals surface area contributed by atoms with Crippen LogP contribution in [0.4, 0.5) is 0 Å². The average Bonchev–Trinajstić information content (AvgIpc) is 3.00. The number of nitrogens with zero attached hydrogens (tertiary/aromatic N) is 1. The van der Waals surface area contributed by atoms with Crippen LogP contribution in [0.1, 0.15) is 43.2 Å². The largest absolute Gasteiger partial charge is 0.469 e. The van der Waals surface area contributed by atoms with E-state index in [1.54, 1.807) is 4.90 Å². The fourth-order valence-electron chi connectivity index (χ4n) is 3.04. The molecule has 1 aromatic carbocycles. The molecule has 0 aromatic heterocycles. The molecule has 0 bridgehead atoms. The van der Waals surface area contributed by atoms with Gasteiger partial charge in [0.15, 0.2) is 0 Å². The maximum Gasteiger partial charge on any atom is 0.305 e. The molecule has 6 heteroatoms. The average molecular weight is 360 g/mol. The zero-order valence-electron chi connectivity index (χ0n) is 15.6. The topological polar surface area (TPSA) is 75.7 Å². The number of rotatable bonds is 9. The third-order valence-corrected chi connectivity index (χ3v) is 4.66. The van der Waals surface area contributed by atoms with Crippen molar-refractivity contribution in [2.75, 3.05) is 20.2 Å². The summed E-state index contributed by atoms with van der Waals surface area (Å²) in [7, 11) is 1.38. The molecule has 142 valence electrons. The number of hydrogen-bond donors (Lipinski definition) is 1. The number of methoxy groups -OCH3 is 1. The summed E-state index contributed by atoms with van der Waals surface area (Å²) in [4.78, 5) is 37.2. The van der Waals surface area contributed by atoms with Crippen LogP contribution >= 0.6 is 0 Å². The van der Waals surface area contributed by atoms with E-state index in [2.05, 4.69) is 10.1 Å². The Balaban J connectivity index is 1.67. The van der Waals surface area contributed by atoms with Gasteiger partial charge in [0.05, 0.1) is 13.0 Å². The maximum atomic E-state index is 12.3. The van der Waals surface area contributed by atoms with Gasteiger partial charge in [0.25, 0.3) is 0 Å². The highest BCUT2D eigenvalue weighted by Crippen LogP contribution is 2.20. The molecule has 1 saturated heterocycles. The normalized spacial score (nSPS) is 16.6. The van der Waals surface area contributed by atoms with Crippen LogP contribution in [-0.4, -0.2) is 42.9 Å². The van der Waals surface area contributed by atoms with Crippen molar-refractivity contribution in [3.8, 4) is 0 Å². The van der Waals surface area contributed by atoms with Gasteiger partial charge in [-0.1, -0.05) is 36.2 Å². The zero-order chi connectivity index (χ0) is 18.9. The highest BCUT2D eigenvalue weighted by atomic mass is 16.5. The van der Waals surface area contributed by atoms with Crippen LogP contribution in [0.25, 0.3) is 0 Å². The number of benzene rings is 1. The third kappa shape index (κ3) is 6.17. The minimum absolute atomic E-state index is 0.0313. The van der Waals surface area contributed by atoms with E-state index in [1.807, 2.05) is 31.2 Å². The van der Waals surface area contributed by atoms with Gasteiger partial charge in [-0.3, -0.25) is 14.4 Å². The number of likely N-dealkylation sites (tertiary alicyclic amines) is 1. The van der Waals surface area contributed by atoms with Crippen molar-refractivity contribution in [1.82, 2.24) is 10.2 Å². The second-order valence-electron chi connectivity index (χ2n) is 6.84. The lowest BCUT2D eigenvalue weighted by Gasteiger charge is -2.17. The van der Waals surface area contributed by atoms with E-state index in [9.17, 15) is 14.4 Å². The van der Waals surface area contributed by atoms with Gasteiger partial charge in [-0.2, -0.15) is 0 Å². The van der Waals surface area contributed by atoms with E-state index in [0.29, 0.717) is 26.1 Å². The van der Waals surface area contributed by atoms with Gasteiger partial charge in [-0.25, -0.2) is 0 Å². The van der Waals surface area contributed by atoms with Crippen LogP contribution in [0.15, 0.2) is 24.3 Å². The number of hydrogen-bond acceptors (Lipinski definition) is 4. The summed E-state index contributed by atoms with van der Waals surface area (Å²) >= 11 is 0. The molecule has 2 rings (SSSR count). The molecule has 2 amide bonds. The predicted molar refractivity (Wildman–Crippen MR) is 98.2 cm³/mol. The van der Waals surface area contributed by atoms with Crippen molar-refractivity contribution >= 4 is 17.8 Å². The second kappa shape index (κ2) is 9.94. The van der Waals surface area contributed by atoms with Crippen molar-refractivity contribution in [3.63, 3.8) is 0 Å². The lowest BCUT2D eigenvalue weighted by molar-refractivity contribution is -0.140. The van der Waals surface area contributed by atoms with Crippen molar-refractivity contribution in [3.05, 3.63) is 35.4 Å². The van der Waals surface area contributed by atoms with E-state index < -0.39 is 0 Å². The first kappa shape index (κ1) is 19.9. The lowest BCUT2D eigenvalue weighted by atomic mass is 10.1. The molecule has 1 aliphatic heterocycles. The fourth-order valence-corrected chi connectivity index (χ4v) is 3.04. The summed E-state index contributed by atoms with van der Waals surface area (Å²) < 4.78 is 4.59. The Hall–Kier alpha value is -2.37. The van der Waals surface area contributed by atoms with E-state index in [4.69, 9.17) is 0 Å². The SMILES string of the molecule is COC(=O)CCCCCNC(=O)C1CC(=O)N(Cc2ccc(C)cc2)C1. The van der Waals surface area contributed by atoms with Crippen molar-refractivity contribution in [1.29, 1.82) is 0 Å². The summed E-state index contributed by atoms with van der Waals surface area (Å²) in [5.74, 6) is -0.503. The van der Waals surface area contributed by atoms with E-state index in [1.165, 1.54) is 12.7 Å². The summed E-state index contributed by atoms with van der Waals surface area (Å²) in [5, 5.41) is 2.91. The molecule has 1 fully saturated rings. The molecule has 0 radical (unpaired) electrons. The molecule has 0 aliphatic carbocycles. The third-order valence-electron chi connectivity index (χ3n) is 4.66. The maximum absolute atomic E-state index is 12.3. The standard InChI is InChI=1S/C20H28N2O4/c1-15-7-9-16(10-8-15)13-22-14-17(12-18(22)23)20(25)21-11-5-3-4-6-19(24)26-2/h7-10,17H,3-6,11-14H2,1-2H3,(H,21,25). The number of carbonyl (C=O) groups excluding carboxylic acids is 3. The van der Waals surface area contributed by atoms with Gasteiger partial charge in [-0.05, 0) is 25.3 Å². The molecule has 1 aliphatic rings. The monoisotopic (exact) mass is 360 g/mol. The van der Waals surface area contributed by atoms with Gasteiger partial charge in [-0.15, -0.1) is 0 Å². The molecule has 1 unspecified atom stereocenters. The zero-order valence-corrected chi connectivity index (χ0v) is 15.6. The molecular weight excluding hydrogens is 332 g/mol. The van der Waals surface area contributed by atoms with E-state index >= 15 is 0 Å². The molecule has 1 N–H and O–H groups in total. The Morgan fingerprint density at radius 1 is 1.19 bits per heavy atom. The molecule has 1 heterocycles. The smallest absolute Gasteiger partial charge is 0.305 e. The predicted octanol–water partition coefficient (Wildman–Crippen LogP) is 2.19. The molecule has 26 heavy (non-hydrogen) atoms. The second-order valence-corrected chi connectivity index (χ2v) is 6.84. The van der Waals surface area contributed by atoms with Crippen LogP contribution in [0, 0.1) is 12.8 Å². The van der Waals surface area contributed by atoms with Crippen molar-refractivity contribution in [2.24, 2.45) is 5.92 Å².